The number of halogens is 1. The summed E-state index contributed by atoms with van der Waals surface area (Å²) < 4.78 is 34.8. The lowest BCUT2D eigenvalue weighted by Gasteiger charge is -2.33. The summed E-state index contributed by atoms with van der Waals surface area (Å²) in [6, 6.07) is 7.57. The van der Waals surface area contributed by atoms with Crippen LogP contribution in [0, 0.1) is 17.7 Å². The number of ether oxygens (including phenoxy) is 1. The van der Waals surface area contributed by atoms with Crippen molar-refractivity contribution < 1.29 is 22.9 Å². The van der Waals surface area contributed by atoms with Gasteiger partial charge in [0.15, 0.2) is 5.78 Å². The van der Waals surface area contributed by atoms with Crippen LogP contribution in [-0.2, 0) is 32.5 Å². The van der Waals surface area contributed by atoms with E-state index in [0.717, 1.165) is 0 Å². The smallest absolute Gasteiger partial charge is 0.307 e. The fourth-order valence-electron chi connectivity index (χ4n) is 3.06. The van der Waals surface area contributed by atoms with Gasteiger partial charge in [-0.05, 0) is 58.4 Å². The average molecular weight is 473 g/mol. The molecule has 0 bridgehead atoms. The second-order valence-electron chi connectivity index (χ2n) is 8.79. The number of ketones is 1. The molecular formula is C25H29FN2O4S. The molecule has 1 N–H and O–H groups in total. The van der Waals surface area contributed by atoms with Crippen molar-refractivity contribution in [3.8, 4) is 11.8 Å². The number of methoxy groups -OCH3 is 1. The number of hydrogen-bond donors (Lipinski definition) is 1. The van der Waals surface area contributed by atoms with Gasteiger partial charge >= 0.3 is 5.97 Å². The molecule has 0 saturated carbocycles. The van der Waals surface area contributed by atoms with Crippen LogP contribution < -0.4 is 4.72 Å². The molecule has 0 amide bonds. The van der Waals surface area contributed by atoms with Gasteiger partial charge in [-0.1, -0.05) is 18.1 Å². The number of hydrogen-bond acceptors (Lipinski definition) is 5. The highest BCUT2D eigenvalue weighted by molar-refractivity contribution is 7.84. The predicted molar refractivity (Wildman–Crippen MR) is 126 cm³/mol. The van der Waals surface area contributed by atoms with E-state index in [4.69, 9.17) is 4.74 Å². The van der Waals surface area contributed by atoms with E-state index in [2.05, 4.69) is 21.5 Å². The number of rotatable bonds is 8. The van der Waals surface area contributed by atoms with Gasteiger partial charge in [-0.2, -0.15) is 0 Å². The van der Waals surface area contributed by atoms with Gasteiger partial charge in [0.2, 0.25) is 0 Å². The van der Waals surface area contributed by atoms with E-state index in [1.54, 1.807) is 46.8 Å². The van der Waals surface area contributed by atoms with Gasteiger partial charge in [0.05, 0.1) is 34.8 Å². The van der Waals surface area contributed by atoms with Gasteiger partial charge in [0, 0.05) is 23.7 Å². The Balaban J connectivity index is 2.39. The van der Waals surface area contributed by atoms with E-state index in [1.165, 1.54) is 31.5 Å². The molecule has 1 heterocycles. The monoisotopic (exact) mass is 472 g/mol. The van der Waals surface area contributed by atoms with Crippen molar-refractivity contribution >= 4 is 22.7 Å². The van der Waals surface area contributed by atoms with Crippen molar-refractivity contribution in [1.82, 2.24) is 9.71 Å². The third-order valence-electron chi connectivity index (χ3n) is 4.91. The Morgan fingerprint density at radius 1 is 1.18 bits per heavy atom. The lowest BCUT2D eigenvalue weighted by atomic mass is 9.87. The van der Waals surface area contributed by atoms with Gasteiger partial charge < -0.3 is 4.74 Å². The van der Waals surface area contributed by atoms with Crippen LogP contribution in [0.15, 0.2) is 36.5 Å². The number of Topliss-reactive ketones (excluding diaryl/α,β-unsaturated/α-hetero) is 1. The van der Waals surface area contributed by atoms with Crippen LogP contribution in [0.2, 0.25) is 0 Å². The summed E-state index contributed by atoms with van der Waals surface area (Å²) in [5.74, 6) is 4.21. The maximum absolute atomic E-state index is 14.9. The quantitative estimate of drug-likeness (QED) is 0.358. The molecule has 33 heavy (non-hydrogen) atoms. The van der Waals surface area contributed by atoms with Crippen LogP contribution in [0.3, 0.4) is 0 Å². The highest BCUT2D eigenvalue weighted by atomic mass is 32.2. The van der Waals surface area contributed by atoms with E-state index in [9.17, 15) is 18.2 Å². The lowest BCUT2D eigenvalue weighted by Crippen LogP contribution is -2.48. The Labute approximate surface area is 196 Å². The Morgan fingerprint density at radius 3 is 2.42 bits per heavy atom. The van der Waals surface area contributed by atoms with Crippen LogP contribution in [0.25, 0.3) is 0 Å². The van der Waals surface area contributed by atoms with Gasteiger partial charge in [-0.15, -0.1) is 5.92 Å². The first-order chi connectivity index (χ1) is 15.4. The van der Waals surface area contributed by atoms with E-state index in [0.29, 0.717) is 11.1 Å². The highest BCUT2D eigenvalue weighted by Gasteiger charge is 2.37. The topological polar surface area (TPSA) is 85.4 Å². The molecule has 2 atom stereocenters. The minimum atomic E-state index is -1.60. The van der Waals surface area contributed by atoms with Crippen molar-refractivity contribution in [3.05, 3.63) is 64.7 Å². The molecule has 2 rings (SSSR count). The molecule has 0 fully saturated rings. The summed E-state index contributed by atoms with van der Waals surface area (Å²) in [7, 11) is -0.362. The van der Waals surface area contributed by atoms with Gasteiger partial charge in [-0.3, -0.25) is 14.6 Å². The van der Waals surface area contributed by atoms with Crippen molar-refractivity contribution in [3.63, 3.8) is 0 Å². The Morgan fingerprint density at radius 2 is 1.88 bits per heavy atom. The first-order valence-electron chi connectivity index (χ1n) is 10.4. The number of aromatic nitrogens is 1. The first kappa shape index (κ1) is 26.4. The molecule has 0 radical (unpaired) electrons. The molecule has 6 nitrogen and oxygen atoms in total. The standard InChI is InChI=1S/C25H29FN2O4S/c1-7-8-17-10-12-21(27-16-17)22(29)14-18-9-11-20(26)19(13-18)25(5,15-23(30)32-6)28-33(31)24(2,3)4/h9-13,16,28H,14-15H2,1-6H3/t25-,33+/m0/s1. The molecule has 0 spiro atoms. The lowest BCUT2D eigenvalue weighted by molar-refractivity contribution is -0.142. The zero-order valence-electron chi connectivity index (χ0n) is 19.7. The molecule has 0 aliphatic rings. The molecule has 0 saturated heterocycles. The van der Waals surface area contributed by atoms with E-state index in [1.807, 2.05) is 0 Å². The summed E-state index contributed by atoms with van der Waals surface area (Å²) in [5.41, 5.74) is 0.307. The number of carbonyl (C=O) groups is 2. The zero-order valence-corrected chi connectivity index (χ0v) is 20.6. The molecule has 1 aromatic carbocycles. The Hall–Kier alpha value is -2.89. The molecule has 2 aromatic rings. The van der Waals surface area contributed by atoms with E-state index >= 15 is 0 Å². The normalized spacial score (nSPS) is 13.9. The second kappa shape index (κ2) is 10.8. The molecule has 0 aliphatic heterocycles. The largest absolute Gasteiger partial charge is 0.469 e. The number of carbonyl (C=O) groups excluding carboxylic acids is 2. The minimum Gasteiger partial charge on any atom is -0.469 e. The third kappa shape index (κ3) is 7.04. The summed E-state index contributed by atoms with van der Waals surface area (Å²) in [4.78, 5) is 29.0. The maximum atomic E-state index is 14.9. The van der Waals surface area contributed by atoms with Crippen LogP contribution in [0.1, 0.15) is 68.2 Å². The number of benzene rings is 1. The molecule has 0 unspecified atom stereocenters. The summed E-state index contributed by atoms with van der Waals surface area (Å²) >= 11 is 0. The molecule has 8 heteroatoms. The van der Waals surface area contributed by atoms with Gasteiger partial charge in [0.1, 0.15) is 11.5 Å². The number of nitrogens with zero attached hydrogens (tertiary/aromatic N) is 1. The first-order valence-corrected chi connectivity index (χ1v) is 11.5. The summed E-state index contributed by atoms with van der Waals surface area (Å²) in [6.45, 7) is 8.61. The molecular weight excluding hydrogens is 443 g/mol. The van der Waals surface area contributed by atoms with Gasteiger partial charge in [-0.25, -0.2) is 13.3 Å². The fraction of sp³-hybridized carbons (Fsp3) is 0.400. The average Bonchev–Trinajstić information content (AvgIpc) is 2.74. The van der Waals surface area contributed by atoms with Crippen molar-refractivity contribution in [2.45, 2.75) is 57.7 Å². The minimum absolute atomic E-state index is 0.0181. The second-order valence-corrected chi connectivity index (χ2v) is 10.8. The van der Waals surface area contributed by atoms with Crippen molar-refractivity contribution in [2.24, 2.45) is 0 Å². The molecule has 176 valence electrons. The fourth-order valence-corrected chi connectivity index (χ4v) is 3.96. The SMILES string of the molecule is CC#Cc1ccc(C(=O)Cc2ccc(F)c([C@](C)(CC(=O)OC)N[S@](=O)C(C)(C)C)c2)nc1. The van der Waals surface area contributed by atoms with Crippen LogP contribution in [0.5, 0.6) is 0 Å². The summed E-state index contributed by atoms with van der Waals surface area (Å²) in [5, 5.41) is 0. The van der Waals surface area contributed by atoms with Crippen LogP contribution in [0.4, 0.5) is 4.39 Å². The number of esters is 1. The van der Waals surface area contributed by atoms with E-state index in [-0.39, 0.29) is 29.9 Å². The van der Waals surface area contributed by atoms with Crippen molar-refractivity contribution in [2.75, 3.05) is 7.11 Å². The molecule has 0 aliphatic carbocycles. The van der Waals surface area contributed by atoms with Gasteiger partial charge in [0.25, 0.3) is 0 Å². The Kier molecular flexibility index (Phi) is 8.64. The molecule has 1 aromatic heterocycles. The van der Waals surface area contributed by atoms with Crippen molar-refractivity contribution in [1.29, 1.82) is 0 Å². The number of pyridine rings is 1. The highest BCUT2D eigenvalue weighted by Crippen LogP contribution is 2.31. The summed E-state index contributed by atoms with van der Waals surface area (Å²) in [6.07, 6.45) is 1.26. The van der Waals surface area contributed by atoms with Crippen LogP contribution >= 0.6 is 0 Å². The van der Waals surface area contributed by atoms with E-state index < -0.39 is 33.1 Å². The number of nitrogens with one attached hydrogen (secondary N) is 1. The van der Waals surface area contributed by atoms with Crippen LogP contribution in [-0.4, -0.2) is 32.8 Å². The third-order valence-corrected chi connectivity index (χ3v) is 6.66. The Bertz CT molecular complexity index is 1110. The maximum Gasteiger partial charge on any atom is 0.307 e. The zero-order chi connectivity index (χ0) is 24.8. The predicted octanol–water partition coefficient (Wildman–Crippen LogP) is 3.85.